The fourth-order valence-electron chi connectivity index (χ4n) is 3.35. The van der Waals surface area contributed by atoms with Crippen molar-refractivity contribution < 1.29 is 22.8 Å². The number of halogens is 4. The smallest absolute Gasteiger partial charge is 0.392 e. The Bertz CT molecular complexity index is 1000. The van der Waals surface area contributed by atoms with Gasteiger partial charge < -0.3 is 19.4 Å². The van der Waals surface area contributed by atoms with Crippen molar-refractivity contribution >= 4 is 34.2 Å². The molecule has 28 heavy (non-hydrogen) atoms. The van der Waals surface area contributed by atoms with Gasteiger partial charge in [-0.25, -0.2) is 4.98 Å². The maximum Gasteiger partial charge on any atom is 0.417 e. The minimum atomic E-state index is -4.49. The van der Waals surface area contributed by atoms with Crippen LogP contribution in [0.1, 0.15) is 11.1 Å². The Morgan fingerprint density at radius 2 is 1.79 bits per heavy atom. The molecule has 1 N–H and O–H groups in total. The van der Waals surface area contributed by atoms with Crippen LogP contribution in [0.3, 0.4) is 0 Å². The fourth-order valence-corrected chi connectivity index (χ4v) is 3.66. The van der Waals surface area contributed by atoms with Gasteiger partial charge in [0.25, 0.3) is 0 Å². The van der Waals surface area contributed by atoms with E-state index in [1.54, 1.807) is 17.2 Å². The molecule has 0 radical (unpaired) electrons. The zero-order valence-corrected chi connectivity index (χ0v) is 15.3. The molecule has 1 aliphatic heterocycles. The second-order valence-corrected chi connectivity index (χ2v) is 6.87. The highest BCUT2D eigenvalue weighted by molar-refractivity contribution is 6.33. The van der Waals surface area contributed by atoms with Crippen LogP contribution in [-0.4, -0.2) is 41.4 Å². The van der Waals surface area contributed by atoms with Crippen LogP contribution in [-0.2, 0) is 12.8 Å². The van der Waals surface area contributed by atoms with Gasteiger partial charge in [-0.15, -0.1) is 0 Å². The first kappa shape index (κ1) is 18.8. The number of benzene rings is 1. The van der Waals surface area contributed by atoms with Crippen molar-refractivity contribution in [2.75, 3.05) is 36.0 Å². The molecule has 0 atom stereocenters. The molecule has 0 unspecified atom stereocenters. The average molecular weight is 413 g/mol. The Morgan fingerprint density at radius 3 is 2.39 bits per heavy atom. The van der Waals surface area contributed by atoms with Crippen LogP contribution in [0.4, 0.5) is 24.8 Å². The van der Waals surface area contributed by atoms with E-state index in [4.69, 9.17) is 21.2 Å². The van der Waals surface area contributed by atoms with E-state index in [0.717, 1.165) is 6.07 Å². The lowest BCUT2D eigenvalue weighted by Crippen LogP contribution is -2.47. The summed E-state index contributed by atoms with van der Waals surface area (Å²) >= 11 is 6.25. The Kier molecular flexibility index (Phi) is 4.80. The molecule has 3 heterocycles. The Morgan fingerprint density at radius 1 is 1.11 bits per heavy atom. The quantitative estimate of drug-likeness (QED) is 0.707. The summed E-state index contributed by atoms with van der Waals surface area (Å²) in [6.45, 7) is 1.74. The number of hydrogen-bond acceptors (Lipinski definition) is 6. The maximum absolute atomic E-state index is 13.4. The van der Waals surface area contributed by atoms with Gasteiger partial charge in [0, 0.05) is 32.4 Å². The van der Waals surface area contributed by atoms with Gasteiger partial charge in [0.2, 0.25) is 0 Å². The van der Waals surface area contributed by atoms with Gasteiger partial charge in [-0.3, -0.25) is 0 Å². The molecule has 10 heteroatoms. The second kappa shape index (κ2) is 7.14. The highest BCUT2D eigenvalue weighted by Gasteiger charge is 2.36. The molecule has 6 nitrogen and oxygen atoms in total. The SMILES string of the molecule is OCc1cnc(N2CCN(c3noc4cccc(C(F)(F)F)c34)CC2)c(Cl)c1. The molecular formula is C18H16ClF3N4O2. The minimum Gasteiger partial charge on any atom is -0.392 e. The number of aliphatic hydroxyl groups is 1. The Labute approximate surface area is 163 Å². The van der Waals surface area contributed by atoms with Crippen LogP contribution >= 0.6 is 11.6 Å². The number of piperazine rings is 1. The van der Waals surface area contributed by atoms with Crippen molar-refractivity contribution in [3.8, 4) is 0 Å². The molecule has 0 bridgehead atoms. The third-order valence-corrected chi connectivity index (χ3v) is 5.00. The molecule has 1 saturated heterocycles. The first-order valence-electron chi connectivity index (χ1n) is 8.59. The van der Waals surface area contributed by atoms with Crippen LogP contribution in [0.15, 0.2) is 35.0 Å². The van der Waals surface area contributed by atoms with E-state index >= 15 is 0 Å². The van der Waals surface area contributed by atoms with E-state index in [0.29, 0.717) is 42.6 Å². The normalized spacial score (nSPS) is 15.5. The summed E-state index contributed by atoms with van der Waals surface area (Å²) in [4.78, 5) is 8.01. The lowest BCUT2D eigenvalue weighted by molar-refractivity contribution is -0.136. The predicted octanol–water partition coefficient (Wildman–Crippen LogP) is 3.71. The molecule has 0 spiro atoms. The van der Waals surface area contributed by atoms with Crippen LogP contribution in [0.25, 0.3) is 11.0 Å². The number of aliphatic hydroxyl groups excluding tert-OH is 1. The van der Waals surface area contributed by atoms with E-state index in [1.165, 1.54) is 12.1 Å². The number of anilines is 2. The van der Waals surface area contributed by atoms with Crippen molar-refractivity contribution in [3.63, 3.8) is 0 Å². The summed E-state index contributed by atoms with van der Waals surface area (Å²) in [6, 6.07) is 5.47. The number of alkyl halides is 3. The minimum absolute atomic E-state index is 0.0214. The number of nitrogens with zero attached hydrogens (tertiary/aromatic N) is 4. The standard InChI is InChI=1S/C18H16ClF3N4O2/c19-13-8-11(10-27)9-23-16(13)25-4-6-26(7-5-25)17-15-12(18(20,21)22)2-1-3-14(15)28-24-17/h1-3,8-9,27H,4-7,10H2. The number of hydrogen-bond donors (Lipinski definition) is 1. The van der Waals surface area contributed by atoms with Gasteiger partial charge in [0.05, 0.1) is 22.6 Å². The summed E-state index contributed by atoms with van der Waals surface area (Å²) < 4.78 is 45.3. The molecule has 4 rings (SSSR count). The highest BCUT2D eigenvalue weighted by atomic mass is 35.5. The third kappa shape index (κ3) is 3.35. The Hall–Kier alpha value is -2.52. The van der Waals surface area contributed by atoms with E-state index in [1.807, 2.05) is 4.90 Å². The van der Waals surface area contributed by atoms with Gasteiger partial charge in [-0.2, -0.15) is 13.2 Å². The van der Waals surface area contributed by atoms with Crippen molar-refractivity contribution in [1.82, 2.24) is 10.1 Å². The van der Waals surface area contributed by atoms with Crippen LogP contribution in [0.5, 0.6) is 0 Å². The second-order valence-electron chi connectivity index (χ2n) is 6.46. The number of fused-ring (bicyclic) bond motifs is 1. The monoisotopic (exact) mass is 412 g/mol. The zero-order chi connectivity index (χ0) is 19.9. The molecule has 1 aromatic carbocycles. The Balaban J connectivity index is 1.58. The number of pyridine rings is 1. The average Bonchev–Trinajstić information content (AvgIpc) is 3.11. The van der Waals surface area contributed by atoms with E-state index in [9.17, 15) is 13.2 Å². The topological polar surface area (TPSA) is 65.6 Å². The lowest BCUT2D eigenvalue weighted by Gasteiger charge is -2.35. The zero-order valence-electron chi connectivity index (χ0n) is 14.6. The van der Waals surface area contributed by atoms with Gasteiger partial charge in [-0.05, 0) is 23.8 Å². The predicted molar refractivity (Wildman–Crippen MR) is 98.6 cm³/mol. The molecule has 0 amide bonds. The van der Waals surface area contributed by atoms with Crippen LogP contribution < -0.4 is 9.80 Å². The van der Waals surface area contributed by atoms with Gasteiger partial charge in [0.15, 0.2) is 11.4 Å². The first-order chi connectivity index (χ1) is 13.4. The molecule has 0 saturated carbocycles. The van der Waals surface area contributed by atoms with Gasteiger partial charge in [-0.1, -0.05) is 22.8 Å². The maximum atomic E-state index is 13.4. The summed E-state index contributed by atoms with van der Waals surface area (Å²) in [5.74, 6) is 0.775. The summed E-state index contributed by atoms with van der Waals surface area (Å²) in [5, 5.41) is 13.5. The van der Waals surface area contributed by atoms with E-state index < -0.39 is 11.7 Å². The van der Waals surface area contributed by atoms with Crippen molar-refractivity contribution in [1.29, 1.82) is 0 Å². The van der Waals surface area contributed by atoms with Crippen LogP contribution in [0.2, 0.25) is 5.02 Å². The first-order valence-corrected chi connectivity index (χ1v) is 8.97. The number of aromatic nitrogens is 2. The third-order valence-electron chi connectivity index (χ3n) is 4.73. The van der Waals surface area contributed by atoms with Crippen molar-refractivity contribution in [2.45, 2.75) is 12.8 Å². The lowest BCUT2D eigenvalue weighted by atomic mass is 10.1. The molecule has 148 valence electrons. The summed E-state index contributed by atoms with van der Waals surface area (Å²) in [5.41, 5.74) is -0.0364. The summed E-state index contributed by atoms with van der Waals surface area (Å²) in [7, 11) is 0. The van der Waals surface area contributed by atoms with Crippen molar-refractivity contribution in [2.24, 2.45) is 0 Å². The van der Waals surface area contributed by atoms with Crippen LogP contribution in [0, 0.1) is 0 Å². The summed E-state index contributed by atoms with van der Waals surface area (Å²) in [6.07, 6.45) is -2.94. The van der Waals surface area contributed by atoms with Gasteiger partial charge >= 0.3 is 6.18 Å². The van der Waals surface area contributed by atoms with Gasteiger partial charge in [0.1, 0.15) is 5.82 Å². The molecule has 3 aromatic rings. The molecule has 1 fully saturated rings. The number of rotatable bonds is 3. The molecule has 1 aliphatic rings. The van der Waals surface area contributed by atoms with Crippen molar-refractivity contribution in [3.05, 3.63) is 46.6 Å². The molecule has 0 aliphatic carbocycles. The fraction of sp³-hybridized carbons (Fsp3) is 0.333. The van der Waals surface area contributed by atoms with E-state index in [-0.39, 0.29) is 23.4 Å². The van der Waals surface area contributed by atoms with E-state index in [2.05, 4.69) is 10.1 Å². The highest BCUT2D eigenvalue weighted by Crippen LogP contribution is 2.39. The largest absolute Gasteiger partial charge is 0.417 e. The molecule has 2 aromatic heterocycles. The molecular weight excluding hydrogens is 397 g/mol.